The minimum Gasteiger partial charge on any atom is -0.391 e. The van der Waals surface area contributed by atoms with E-state index in [-0.39, 0.29) is 5.92 Å². The molecular weight excluding hydrogens is 238 g/mol. The second-order valence-corrected chi connectivity index (χ2v) is 5.81. The molecule has 2 atom stereocenters. The third-order valence-electron chi connectivity index (χ3n) is 4.56. The van der Waals surface area contributed by atoms with Gasteiger partial charge in [0.1, 0.15) is 0 Å². The molecule has 2 unspecified atom stereocenters. The van der Waals surface area contributed by atoms with E-state index in [1.165, 1.54) is 11.1 Å². The lowest BCUT2D eigenvalue weighted by atomic mass is 9.73. The van der Waals surface area contributed by atoms with Crippen LogP contribution in [0, 0.1) is 22.7 Å². The molecule has 0 saturated carbocycles. The monoisotopic (exact) mass is 257 g/mol. The number of nitriles is 1. The van der Waals surface area contributed by atoms with Crippen molar-refractivity contribution in [2.75, 3.05) is 13.2 Å². The van der Waals surface area contributed by atoms with Crippen molar-refractivity contribution in [2.45, 2.75) is 31.8 Å². The number of fused-ring (bicyclic) bond motifs is 1. The summed E-state index contributed by atoms with van der Waals surface area (Å²) in [6.45, 7) is 1.37. The van der Waals surface area contributed by atoms with Gasteiger partial charge in [-0.25, -0.2) is 0 Å². The highest BCUT2D eigenvalue weighted by Crippen LogP contribution is 2.42. The molecule has 3 rings (SSSR count). The van der Waals surface area contributed by atoms with Crippen molar-refractivity contribution in [1.29, 1.82) is 5.26 Å². The van der Waals surface area contributed by atoms with E-state index in [9.17, 15) is 10.4 Å². The van der Waals surface area contributed by atoms with Crippen LogP contribution in [0.3, 0.4) is 0 Å². The summed E-state index contributed by atoms with van der Waals surface area (Å²) in [7, 11) is 0. The van der Waals surface area contributed by atoms with Gasteiger partial charge in [-0.2, -0.15) is 5.26 Å². The topological polar surface area (TPSA) is 53.2 Å². The van der Waals surface area contributed by atoms with Crippen LogP contribution in [0.5, 0.6) is 0 Å². The van der Waals surface area contributed by atoms with E-state index in [1.807, 2.05) is 12.1 Å². The molecule has 1 aliphatic heterocycles. The number of hydrogen-bond acceptors (Lipinski definition) is 3. The van der Waals surface area contributed by atoms with Crippen LogP contribution in [0.4, 0.5) is 0 Å². The van der Waals surface area contributed by atoms with E-state index < -0.39 is 11.5 Å². The number of ether oxygens (including phenoxy) is 1. The highest BCUT2D eigenvalue weighted by Gasteiger charge is 2.46. The lowest BCUT2D eigenvalue weighted by Crippen LogP contribution is -2.43. The molecule has 1 aromatic carbocycles. The molecule has 1 saturated heterocycles. The molecule has 0 amide bonds. The second kappa shape index (κ2) is 4.96. The minimum absolute atomic E-state index is 0.0997. The largest absolute Gasteiger partial charge is 0.391 e. The van der Waals surface area contributed by atoms with Gasteiger partial charge in [0.2, 0.25) is 0 Å². The van der Waals surface area contributed by atoms with Crippen molar-refractivity contribution in [1.82, 2.24) is 0 Å². The molecule has 1 N–H and O–H groups in total. The van der Waals surface area contributed by atoms with E-state index in [4.69, 9.17) is 4.74 Å². The Morgan fingerprint density at radius 2 is 2.00 bits per heavy atom. The lowest BCUT2D eigenvalue weighted by Gasteiger charge is -2.35. The summed E-state index contributed by atoms with van der Waals surface area (Å²) in [5.74, 6) is 0.0997. The average Bonchev–Trinajstić information content (AvgIpc) is 2.87. The molecule has 100 valence electrons. The Hall–Kier alpha value is -1.37. The quantitative estimate of drug-likeness (QED) is 0.882. The molecule has 2 aliphatic rings. The molecule has 19 heavy (non-hydrogen) atoms. The number of rotatable bonds is 2. The molecule has 0 bridgehead atoms. The molecule has 1 aliphatic carbocycles. The van der Waals surface area contributed by atoms with Crippen LogP contribution >= 0.6 is 0 Å². The van der Waals surface area contributed by atoms with Crippen molar-refractivity contribution in [2.24, 2.45) is 11.3 Å². The fourth-order valence-electron chi connectivity index (χ4n) is 3.46. The van der Waals surface area contributed by atoms with E-state index in [0.29, 0.717) is 19.4 Å². The molecule has 1 aromatic rings. The van der Waals surface area contributed by atoms with Crippen LogP contribution in [0.1, 0.15) is 24.0 Å². The van der Waals surface area contributed by atoms with Gasteiger partial charge in [-0.3, -0.25) is 0 Å². The number of aliphatic hydroxyl groups is 1. The van der Waals surface area contributed by atoms with Gasteiger partial charge >= 0.3 is 0 Å². The van der Waals surface area contributed by atoms with Gasteiger partial charge in [-0.15, -0.1) is 0 Å². The third-order valence-corrected chi connectivity index (χ3v) is 4.56. The fraction of sp³-hybridized carbons (Fsp3) is 0.562. The molecule has 3 nitrogen and oxygen atoms in total. The number of nitrogens with zero attached hydrogens (tertiary/aromatic N) is 1. The summed E-state index contributed by atoms with van der Waals surface area (Å²) in [6.07, 6.45) is 2.68. The maximum atomic E-state index is 10.7. The first kappa shape index (κ1) is 12.7. The average molecular weight is 257 g/mol. The van der Waals surface area contributed by atoms with Crippen LogP contribution in [0.25, 0.3) is 0 Å². The predicted molar refractivity (Wildman–Crippen MR) is 71.4 cm³/mol. The Morgan fingerprint density at radius 3 is 2.53 bits per heavy atom. The first-order valence-corrected chi connectivity index (χ1v) is 6.99. The van der Waals surface area contributed by atoms with E-state index in [0.717, 1.165) is 19.4 Å². The Labute approximate surface area is 113 Å². The first-order chi connectivity index (χ1) is 9.25. The maximum absolute atomic E-state index is 10.7. The summed E-state index contributed by atoms with van der Waals surface area (Å²) in [4.78, 5) is 0. The van der Waals surface area contributed by atoms with Gasteiger partial charge in [-0.1, -0.05) is 24.3 Å². The zero-order chi connectivity index (χ0) is 13.3. The van der Waals surface area contributed by atoms with E-state index in [2.05, 4.69) is 18.2 Å². The Kier molecular flexibility index (Phi) is 3.30. The van der Waals surface area contributed by atoms with Crippen molar-refractivity contribution < 1.29 is 9.84 Å². The summed E-state index contributed by atoms with van der Waals surface area (Å²) >= 11 is 0. The van der Waals surface area contributed by atoms with Crippen molar-refractivity contribution >= 4 is 0 Å². The van der Waals surface area contributed by atoms with Gasteiger partial charge in [-0.05, 0) is 36.8 Å². The number of hydrogen-bond donors (Lipinski definition) is 1. The van der Waals surface area contributed by atoms with E-state index >= 15 is 0 Å². The smallest absolute Gasteiger partial charge is 0.0916 e. The summed E-state index contributed by atoms with van der Waals surface area (Å²) in [5.41, 5.74) is 1.76. The van der Waals surface area contributed by atoms with Crippen molar-refractivity contribution in [3.8, 4) is 6.07 Å². The summed E-state index contributed by atoms with van der Waals surface area (Å²) in [6, 6.07) is 10.6. The second-order valence-electron chi connectivity index (χ2n) is 5.81. The molecule has 0 spiro atoms. The Bertz CT molecular complexity index is 475. The van der Waals surface area contributed by atoms with E-state index in [1.54, 1.807) is 0 Å². The van der Waals surface area contributed by atoms with Gasteiger partial charge in [0.05, 0.1) is 24.2 Å². The fourth-order valence-corrected chi connectivity index (χ4v) is 3.46. The van der Waals surface area contributed by atoms with Crippen LogP contribution < -0.4 is 0 Å². The van der Waals surface area contributed by atoms with Gasteiger partial charge in [0, 0.05) is 12.5 Å². The van der Waals surface area contributed by atoms with Gasteiger partial charge in [0.25, 0.3) is 0 Å². The zero-order valence-corrected chi connectivity index (χ0v) is 11.0. The van der Waals surface area contributed by atoms with Gasteiger partial charge in [0.15, 0.2) is 0 Å². The van der Waals surface area contributed by atoms with Gasteiger partial charge < -0.3 is 9.84 Å². The van der Waals surface area contributed by atoms with Crippen LogP contribution in [-0.4, -0.2) is 24.4 Å². The highest BCUT2D eigenvalue weighted by atomic mass is 16.5. The first-order valence-electron chi connectivity index (χ1n) is 6.99. The lowest BCUT2D eigenvalue weighted by molar-refractivity contribution is -0.0497. The summed E-state index contributed by atoms with van der Waals surface area (Å²) in [5, 5.41) is 20.3. The maximum Gasteiger partial charge on any atom is 0.0916 e. The molecular formula is C16H19NO2. The van der Waals surface area contributed by atoms with Crippen LogP contribution in [0.15, 0.2) is 24.3 Å². The van der Waals surface area contributed by atoms with Crippen LogP contribution in [-0.2, 0) is 17.6 Å². The molecule has 1 fully saturated rings. The SMILES string of the molecule is N#CC1(C(O)C2CCCOC2)Cc2ccccc2C1. The number of aliphatic hydroxyl groups excluding tert-OH is 1. The normalized spacial score (nSPS) is 26.4. The molecule has 3 heteroatoms. The Balaban J connectivity index is 1.84. The predicted octanol–water partition coefficient (Wildman–Crippen LogP) is 2.08. The molecule has 0 radical (unpaired) electrons. The zero-order valence-electron chi connectivity index (χ0n) is 11.0. The Morgan fingerprint density at radius 1 is 1.32 bits per heavy atom. The minimum atomic E-state index is -0.658. The molecule has 1 heterocycles. The third kappa shape index (κ3) is 2.16. The standard InChI is InChI=1S/C16H19NO2/c17-11-16(15(18)14-6-3-7-19-10-14)8-12-4-1-2-5-13(12)9-16/h1-2,4-5,14-15,18H,3,6-10H2. The summed E-state index contributed by atoms with van der Waals surface area (Å²) < 4.78 is 5.46. The highest BCUT2D eigenvalue weighted by molar-refractivity contribution is 5.38. The van der Waals surface area contributed by atoms with Crippen molar-refractivity contribution in [3.05, 3.63) is 35.4 Å². The molecule has 0 aromatic heterocycles. The van der Waals surface area contributed by atoms with Crippen LogP contribution in [0.2, 0.25) is 0 Å². The number of benzene rings is 1. The van der Waals surface area contributed by atoms with Crippen molar-refractivity contribution in [3.63, 3.8) is 0 Å².